The van der Waals surface area contributed by atoms with Crippen molar-refractivity contribution < 1.29 is 0 Å². The van der Waals surface area contributed by atoms with Crippen LogP contribution in [0.1, 0.15) is 52.4 Å². The molecule has 1 saturated heterocycles. The summed E-state index contributed by atoms with van der Waals surface area (Å²) in [5, 5.41) is 0. The molecule has 2 unspecified atom stereocenters. The molecule has 0 radical (unpaired) electrons. The molecule has 0 bridgehead atoms. The van der Waals surface area contributed by atoms with Crippen LogP contribution >= 0.6 is 0 Å². The maximum atomic E-state index is 5.91. The lowest BCUT2D eigenvalue weighted by molar-refractivity contribution is 0.0475. The number of nitrogens with zero attached hydrogens (tertiary/aromatic N) is 1. The number of hydrogen-bond donors (Lipinski definition) is 1. The quantitative estimate of drug-likeness (QED) is 0.758. The highest BCUT2D eigenvalue weighted by molar-refractivity contribution is 4.95. The Hall–Kier alpha value is -0.0800. The fourth-order valence-electron chi connectivity index (χ4n) is 3.61. The molecule has 0 spiro atoms. The summed E-state index contributed by atoms with van der Waals surface area (Å²) in [7, 11) is 0. The van der Waals surface area contributed by atoms with Crippen molar-refractivity contribution in [1.29, 1.82) is 0 Å². The Morgan fingerprint density at radius 2 is 2.00 bits per heavy atom. The number of piperidine rings is 1. The Morgan fingerprint density at radius 1 is 1.20 bits per heavy atom. The fourth-order valence-corrected chi connectivity index (χ4v) is 3.61. The summed E-state index contributed by atoms with van der Waals surface area (Å²) < 4.78 is 0. The summed E-state index contributed by atoms with van der Waals surface area (Å²) in [6.07, 6.45) is 8.28. The first-order chi connectivity index (χ1) is 7.15. The lowest BCUT2D eigenvalue weighted by Gasteiger charge is -2.44. The van der Waals surface area contributed by atoms with Crippen LogP contribution in [0.15, 0.2) is 0 Å². The van der Waals surface area contributed by atoms with Crippen LogP contribution in [0.25, 0.3) is 0 Å². The summed E-state index contributed by atoms with van der Waals surface area (Å²) >= 11 is 0. The lowest BCUT2D eigenvalue weighted by Crippen LogP contribution is -2.52. The van der Waals surface area contributed by atoms with Gasteiger partial charge in [-0.2, -0.15) is 0 Å². The summed E-state index contributed by atoms with van der Waals surface area (Å²) in [5.74, 6) is 0. The molecule has 1 heterocycles. The topological polar surface area (TPSA) is 29.3 Å². The average molecular weight is 210 g/mol. The maximum absolute atomic E-state index is 5.91. The summed E-state index contributed by atoms with van der Waals surface area (Å²) in [5.41, 5.74) is 6.43. The third-order valence-corrected chi connectivity index (χ3v) is 4.55. The Labute approximate surface area is 94.2 Å². The predicted molar refractivity (Wildman–Crippen MR) is 64.8 cm³/mol. The van der Waals surface area contributed by atoms with Crippen molar-refractivity contribution in [1.82, 2.24) is 4.90 Å². The largest absolute Gasteiger partial charge is 0.329 e. The molecule has 2 fully saturated rings. The lowest BCUT2D eigenvalue weighted by atomic mass is 9.84. The highest BCUT2D eigenvalue weighted by Crippen LogP contribution is 2.42. The van der Waals surface area contributed by atoms with Crippen LogP contribution in [0.3, 0.4) is 0 Å². The van der Waals surface area contributed by atoms with Gasteiger partial charge in [0.15, 0.2) is 0 Å². The Balaban J connectivity index is 2.07. The molecule has 2 rings (SSSR count). The van der Waals surface area contributed by atoms with Crippen molar-refractivity contribution in [3.05, 3.63) is 0 Å². The van der Waals surface area contributed by atoms with Crippen LogP contribution in [0.4, 0.5) is 0 Å². The van der Waals surface area contributed by atoms with E-state index in [9.17, 15) is 0 Å². The Kier molecular flexibility index (Phi) is 3.36. The van der Waals surface area contributed by atoms with Crippen molar-refractivity contribution >= 4 is 0 Å². The molecule has 0 amide bonds. The van der Waals surface area contributed by atoms with Gasteiger partial charge in [-0.1, -0.05) is 26.7 Å². The van der Waals surface area contributed by atoms with Crippen LogP contribution in [-0.4, -0.2) is 30.1 Å². The molecule has 0 aromatic rings. The van der Waals surface area contributed by atoms with Gasteiger partial charge in [0.1, 0.15) is 0 Å². The van der Waals surface area contributed by atoms with E-state index in [0.29, 0.717) is 11.5 Å². The maximum Gasteiger partial charge on any atom is 0.0221 e. The third kappa shape index (κ3) is 2.21. The SMILES string of the molecule is CC1(C)CCCC1N1CCCCC1CN. The first-order valence-corrected chi connectivity index (χ1v) is 6.61. The zero-order valence-electron chi connectivity index (χ0n) is 10.3. The van der Waals surface area contributed by atoms with Crippen LogP contribution in [0, 0.1) is 5.41 Å². The van der Waals surface area contributed by atoms with E-state index in [0.717, 1.165) is 12.6 Å². The van der Waals surface area contributed by atoms with E-state index in [1.807, 2.05) is 0 Å². The minimum atomic E-state index is 0.519. The van der Waals surface area contributed by atoms with E-state index < -0.39 is 0 Å². The molecule has 2 N–H and O–H groups in total. The molecule has 0 aromatic carbocycles. The standard InChI is InChI=1S/C13H26N2/c1-13(2)8-5-7-12(13)15-9-4-3-6-11(15)10-14/h11-12H,3-10,14H2,1-2H3. The molecular formula is C13H26N2. The van der Waals surface area contributed by atoms with E-state index in [1.54, 1.807) is 0 Å². The first-order valence-electron chi connectivity index (χ1n) is 6.61. The molecule has 2 nitrogen and oxygen atoms in total. The van der Waals surface area contributed by atoms with E-state index in [1.165, 1.54) is 45.1 Å². The van der Waals surface area contributed by atoms with Gasteiger partial charge in [0.25, 0.3) is 0 Å². The molecule has 1 saturated carbocycles. The summed E-state index contributed by atoms with van der Waals surface area (Å²) in [4.78, 5) is 2.73. The second-order valence-corrected chi connectivity index (χ2v) is 6.02. The fraction of sp³-hybridized carbons (Fsp3) is 1.00. The Bertz CT molecular complexity index is 213. The third-order valence-electron chi connectivity index (χ3n) is 4.55. The molecular weight excluding hydrogens is 184 g/mol. The van der Waals surface area contributed by atoms with Crippen LogP contribution in [0.2, 0.25) is 0 Å². The second kappa shape index (κ2) is 4.42. The van der Waals surface area contributed by atoms with Gasteiger partial charge < -0.3 is 5.73 Å². The molecule has 1 aliphatic carbocycles. The van der Waals surface area contributed by atoms with E-state index in [-0.39, 0.29) is 0 Å². The molecule has 2 aliphatic rings. The van der Waals surface area contributed by atoms with Gasteiger partial charge in [0.2, 0.25) is 0 Å². The normalized spacial score (nSPS) is 37.0. The van der Waals surface area contributed by atoms with Crippen molar-refractivity contribution in [3.63, 3.8) is 0 Å². The molecule has 1 aliphatic heterocycles. The van der Waals surface area contributed by atoms with Crippen molar-refractivity contribution in [2.75, 3.05) is 13.1 Å². The van der Waals surface area contributed by atoms with Gasteiger partial charge in [0, 0.05) is 18.6 Å². The van der Waals surface area contributed by atoms with Gasteiger partial charge in [0.05, 0.1) is 0 Å². The molecule has 0 aromatic heterocycles. The smallest absolute Gasteiger partial charge is 0.0221 e. The number of likely N-dealkylation sites (tertiary alicyclic amines) is 1. The van der Waals surface area contributed by atoms with Crippen LogP contribution < -0.4 is 5.73 Å². The van der Waals surface area contributed by atoms with E-state index in [4.69, 9.17) is 5.73 Å². The minimum absolute atomic E-state index is 0.519. The monoisotopic (exact) mass is 210 g/mol. The van der Waals surface area contributed by atoms with Gasteiger partial charge in [-0.3, -0.25) is 4.90 Å². The number of hydrogen-bond acceptors (Lipinski definition) is 2. The van der Waals surface area contributed by atoms with Crippen molar-refractivity contribution in [2.45, 2.75) is 64.5 Å². The molecule has 2 heteroatoms. The average Bonchev–Trinajstić information content (AvgIpc) is 2.58. The van der Waals surface area contributed by atoms with Gasteiger partial charge in [-0.05, 0) is 37.6 Å². The van der Waals surface area contributed by atoms with Gasteiger partial charge in [-0.25, -0.2) is 0 Å². The summed E-state index contributed by atoms with van der Waals surface area (Å²) in [6, 6.07) is 1.47. The zero-order chi connectivity index (χ0) is 10.9. The number of rotatable bonds is 2. The minimum Gasteiger partial charge on any atom is -0.329 e. The zero-order valence-corrected chi connectivity index (χ0v) is 10.3. The Morgan fingerprint density at radius 3 is 2.60 bits per heavy atom. The molecule has 88 valence electrons. The number of nitrogens with two attached hydrogens (primary N) is 1. The molecule has 2 atom stereocenters. The van der Waals surface area contributed by atoms with Crippen molar-refractivity contribution in [3.8, 4) is 0 Å². The van der Waals surface area contributed by atoms with Gasteiger partial charge in [-0.15, -0.1) is 0 Å². The van der Waals surface area contributed by atoms with Crippen LogP contribution in [-0.2, 0) is 0 Å². The summed E-state index contributed by atoms with van der Waals surface area (Å²) in [6.45, 7) is 7.02. The highest BCUT2D eigenvalue weighted by atomic mass is 15.2. The highest BCUT2D eigenvalue weighted by Gasteiger charge is 2.40. The molecule has 15 heavy (non-hydrogen) atoms. The van der Waals surface area contributed by atoms with Crippen LogP contribution in [0.5, 0.6) is 0 Å². The van der Waals surface area contributed by atoms with E-state index >= 15 is 0 Å². The predicted octanol–water partition coefficient (Wildman–Crippen LogP) is 2.38. The van der Waals surface area contributed by atoms with Gasteiger partial charge >= 0.3 is 0 Å². The van der Waals surface area contributed by atoms with E-state index in [2.05, 4.69) is 18.7 Å². The van der Waals surface area contributed by atoms with Crippen molar-refractivity contribution in [2.24, 2.45) is 11.1 Å². The second-order valence-electron chi connectivity index (χ2n) is 6.02. The first kappa shape index (κ1) is 11.4.